The highest BCUT2D eigenvalue weighted by molar-refractivity contribution is 7.92. The molecule has 3 aromatic carbocycles. The van der Waals surface area contributed by atoms with Crippen molar-refractivity contribution in [3.05, 3.63) is 78.4 Å². The number of rotatable bonds is 9. The van der Waals surface area contributed by atoms with Crippen LogP contribution in [0.3, 0.4) is 0 Å². The highest BCUT2D eigenvalue weighted by Gasteiger charge is 2.24. The topological polar surface area (TPSA) is 122 Å². The fourth-order valence-corrected chi connectivity index (χ4v) is 5.35. The summed E-state index contributed by atoms with van der Waals surface area (Å²) in [5.74, 6) is -0.915. The standard InChI is InChI=1S/C28H29N3O7S/c1-20(32)29-22-9-15-25(16-10-22)39(35,36)30(2)23-11-13-24(14-12-23)37-19-28(34)38-18-27(33)31-17-5-7-21-6-3-4-8-26(21)31/h3-4,6,8-16H,5,7,17-19H2,1-2H3,(H,29,32). The first-order valence-electron chi connectivity index (χ1n) is 12.3. The van der Waals surface area contributed by atoms with Gasteiger partial charge in [0.15, 0.2) is 13.2 Å². The van der Waals surface area contributed by atoms with Crippen molar-refractivity contribution in [2.45, 2.75) is 24.7 Å². The molecule has 10 nitrogen and oxygen atoms in total. The zero-order chi connectivity index (χ0) is 28.0. The maximum absolute atomic E-state index is 13.0. The Kier molecular flexibility index (Phi) is 8.50. The second kappa shape index (κ2) is 12.0. The third-order valence-corrected chi connectivity index (χ3v) is 7.96. The maximum atomic E-state index is 13.0. The lowest BCUT2D eigenvalue weighted by Gasteiger charge is -2.29. The molecular formula is C28H29N3O7S. The third-order valence-electron chi connectivity index (χ3n) is 6.16. The number of esters is 1. The van der Waals surface area contributed by atoms with Crippen LogP contribution in [0.4, 0.5) is 17.1 Å². The molecule has 0 saturated heterocycles. The van der Waals surface area contributed by atoms with E-state index >= 15 is 0 Å². The number of benzene rings is 3. The summed E-state index contributed by atoms with van der Waals surface area (Å²) in [6.07, 6.45) is 1.75. The van der Waals surface area contributed by atoms with E-state index in [1.807, 2.05) is 24.3 Å². The Labute approximate surface area is 227 Å². The molecule has 39 heavy (non-hydrogen) atoms. The number of fused-ring (bicyclic) bond motifs is 1. The number of amides is 2. The molecule has 0 saturated carbocycles. The molecule has 1 N–H and O–H groups in total. The molecule has 0 fully saturated rings. The van der Waals surface area contributed by atoms with Crippen molar-refractivity contribution in [2.75, 3.05) is 41.3 Å². The number of para-hydroxylation sites is 1. The minimum Gasteiger partial charge on any atom is -0.482 e. The molecule has 4 rings (SSSR count). The van der Waals surface area contributed by atoms with Gasteiger partial charge in [-0.25, -0.2) is 13.2 Å². The van der Waals surface area contributed by atoms with Gasteiger partial charge in [-0.05, 0) is 73.0 Å². The van der Waals surface area contributed by atoms with Crippen LogP contribution in [-0.4, -0.2) is 53.0 Å². The molecule has 0 bridgehead atoms. The van der Waals surface area contributed by atoms with E-state index in [2.05, 4.69) is 5.32 Å². The fourth-order valence-electron chi connectivity index (χ4n) is 4.16. The van der Waals surface area contributed by atoms with Gasteiger partial charge in [0.1, 0.15) is 5.75 Å². The lowest BCUT2D eigenvalue weighted by molar-refractivity contribution is -0.149. The maximum Gasteiger partial charge on any atom is 0.344 e. The Morgan fingerprint density at radius 3 is 2.33 bits per heavy atom. The number of hydrogen-bond donors (Lipinski definition) is 1. The van der Waals surface area contributed by atoms with Crippen molar-refractivity contribution in [1.29, 1.82) is 0 Å². The Balaban J connectivity index is 1.28. The summed E-state index contributed by atoms with van der Waals surface area (Å²) < 4.78 is 37.7. The summed E-state index contributed by atoms with van der Waals surface area (Å²) in [7, 11) is -2.43. The molecule has 0 aromatic heterocycles. The second-order valence-electron chi connectivity index (χ2n) is 8.90. The van der Waals surface area contributed by atoms with Crippen LogP contribution in [0.15, 0.2) is 77.7 Å². The number of carbonyl (C=O) groups excluding carboxylic acids is 3. The van der Waals surface area contributed by atoms with E-state index in [4.69, 9.17) is 9.47 Å². The van der Waals surface area contributed by atoms with Crippen LogP contribution in [0.5, 0.6) is 5.75 Å². The Morgan fingerprint density at radius 1 is 0.949 bits per heavy atom. The van der Waals surface area contributed by atoms with Gasteiger partial charge in [-0.2, -0.15) is 0 Å². The van der Waals surface area contributed by atoms with Crippen LogP contribution in [0.1, 0.15) is 18.9 Å². The van der Waals surface area contributed by atoms with Gasteiger partial charge >= 0.3 is 5.97 Å². The minimum atomic E-state index is -3.85. The lowest BCUT2D eigenvalue weighted by atomic mass is 10.0. The molecule has 3 aromatic rings. The lowest BCUT2D eigenvalue weighted by Crippen LogP contribution is -2.38. The number of hydrogen-bond acceptors (Lipinski definition) is 7. The van der Waals surface area contributed by atoms with Gasteiger partial charge in [-0.3, -0.25) is 13.9 Å². The molecule has 1 heterocycles. The molecule has 0 aliphatic carbocycles. The van der Waals surface area contributed by atoms with E-state index in [0.717, 1.165) is 28.4 Å². The van der Waals surface area contributed by atoms with Gasteiger partial charge < -0.3 is 19.7 Å². The van der Waals surface area contributed by atoms with Crippen molar-refractivity contribution >= 4 is 44.9 Å². The molecule has 204 valence electrons. The number of carbonyl (C=O) groups is 3. The second-order valence-corrected chi connectivity index (χ2v) is 10.9. The average Bonchev–Trinajstić information content (AvgIpc) is 2.94. The summed E-state index contributed by atoms with van der Waals surface area (Å²) >= 11 is 0. The van der Waals surface area contributed by atoms with E-state index in [9.17, 15) is 22.8 Å². The Hall–Kier alpha value is -4.38. The summed E-state index contributed by atoms with van der Waals surface area (Å²) in [5, 5.41) is 2.59. The van der Waals surface area contributed by atoms with Crippen LogP contribution < -0.4 is 19.3 Å². The van der Waals surface area contributed by atoms with Crippen LogP contribution >= 0.6 is 0 Å². The van der Waals surface area contributed by atoms with Crippen molar-refractivity contribution in [3.63, 3.8) is 0 Å². The van der Waals surface area contributed by atoms with Crippen molar-refractivity contribution < 1.29 is 32.3 Å². The van der Waals surface area contributed by atoms with Gasteiger partial charge in [-0.15, -0.1) is 0 Å². The smallest absolute Gasteiger partial charge is 0.344 e. The van der Waals surface area contributed by atoms with Gasteiger partial charge in [0.2, 0.25) is 5.91 Å². The highest BCUT2D eigenvalue weighted by Crippen LogP contribution is 2.27. The summed E-state index contributed by atoms with van der Waals surface area (Å²) in [6, 6.07) is 19.7. The first-order valence-corrected chi connectivity index (χ1v) is 13.7. The quantitative estimate of drug-likeness (QED) is 0.405. The SMILES string of the molecule is CC(=O)Nc1ccc(S(=O)(=O)N(C)c2ccc(OCC(=O)OCC(=O)N3CCCc4ccccc43)cc2)cc1. The van der Waals surface area contributed by atoms with Crippen molar-refractivity contribution in [1.82, 2.24) is 0 Å². The highest BCUT2D eigenvalue weighted by atomic mass is 32.2. The van der Waals surface area contributed by atoms with E-state index in [-0.39, 0.29) is 23.3 Å². The normalized spacial score (nSPS) is 12.7. The first kappa shape index (κ1) is 27.6. The number of anilines is 3. The fraction of sp³-hybridized carbons (Fsp3) is 0.250. The van der Waals surface area contributed by atoms with Crippen molar-refractivity contribution in [3.8, 4) is 5.75 Å². The van der Waals surface area contributed by atoms with Crippen LogP contribution in [0, 0.1) is 0 Å². The molecule has 0 spiro atoms. The minimum absolute atomic E-state index is 0.0600. The van der Waals surface area contributed by atoms with E-state index in [1.165, 1.54) is 50.4 Å². The summed E-state index contributed by atoms with van der Waals surface area (Å²) in [4.78, 5) is 37.6. The molecule has 1 aliphatic heterocycles. The van der Waals surface area contributed by atoms with Gasteiger partial charge in [0, 0.05) is 31.9 Å². The van der Waals surface area contributed by atoms with Crippen LogP contribution in [0.25, 0.3) is 0 Å². The Bertz CT molecular complexity index is 1460. The molecule has 0 atom stereocenters. The van der Waals surface area contributed by atoms with Crippen LogP contribution in [-0.2, 0) is 35.6 Å². The van der Waals surface area contributed by atoms with Gasteiger partial charge in [-0.1, -0.05) is 18.2 Å². The number of nitrogens with one attached hydrogen (secondary N) is 1. The number of ether oxygens (including phenoxy) is 2. The molecule has 2 amide bonds. The number of sulfonamides is 1. The van der Waals surface area contributed by atoms with Gasteiger partial charge in [0.25, 0.3) is 15.9 Å². The third kappa shape index (κ3) is 6.74. The first-order chi connectivity index (χ1) is 18.6. The monoisotopic (exact) mass is 551 g/mol. The van der Waals surface area contributed by atoms with E-state index in [0.29, 0.717) is 23.7 Å². The molecule has 1 aliphatic rings. The predicted octanol–water partition coefficient (Wildman–Crippen LogP) is 3.37. The molecule has 0 radical (unpaired) electrons. The summed E-state index contributed by atoms with van der Waals surface area (Å²) in [6.45, 7) is 1.15. The molecular weight excluding hydrogens is 522 g/mol. The predicted molar refractivity (Wildman–Crippen MR) is 146 cm³/mol. The molecule has 11 heteroatoms. The van der Waals surface area contributed by atoms with Crippen LogP contribution in [0.2, 0.25) is 0 Å². The van der Waals surface area contributed by atoms with E-state index < -0.39 is 22.6 Å². The molecule has 0 unspecified atom stereocenters. The number of nitrogens with zero attached hydrogens (tertiary/aromatic N) is 2. The van der Waals surface area contributed by atoms with Crippen molar-refractivity contribution in [2.24, 2.45) is 0 Å². The zero-order valence-electron chi connectivity index (χ0n) is 21.6. The average molecular weight is 552 g/mol. The van der Waals surface area contributed by atoms with E-state index in [1.54, 1.807) is 17.0 Å². The van der Waals surface area contributed by atoms with Gasteiger partial charge in [0.05, 0.1) is 10.6 Å². The summed E-state index contributed by atoms with van der Waals surface area (Å²) in [5.41, 5.74) is 2.80. The zero-order valence-corrected chi connectivity index (χ0v) is 22.4. The number of aryl methyl sites for hydroxylation is 1. The Morgan fingerprint density at radius 2 is 1.64 bits per heavy atom. The largest absolute Gasteiger partial charge is 0.482 e.